The van der Waals surface area contributed by atoms with Crippen LogP contribution in [0.25, 0.3) is 0 Å². The van der Waals surface area contributed by atoms with Crippen molar-refractivity contribution in [1.82, 2.24) is 15.1 Å². The fourth-order valence-corrected chi connectivity index (χ4v) is 7.01. The number of thioether (sulfide) groups is 1. The number of fused-ring (bicyclic) bond motifs is 2. The van der Waals surface area contributed by atoms with Crippen LogP contribution in [0.15, 0.2) is 28.6 Å². The zero-order valence-electron chi connectivity index (χ0n) is 18.6. The zero-order valence-corrected chi connectivity index (χ0v) is 20.2. The summed E-state index contributed by atoms with van der Waals surface area (Å²) < 4.78 is 0.832. The molecule has 0 spiro atoms. The van der Waals surface area contributed by atoms with E-state index < -0.39 is 0 Å². The first-order valence-electron chi connectivity index (χ1n) is 10.8. The van der Waals surface area contributed by atoms with Gasteiger partial charge < -0.3 is 10.2 Å². The van der Waals surface area contributed by atoms with Crippen molar-refractivity contribution in [2.45, 2.75) is 70.2 Å². The van der Waals surface area contributed by atoms with Crippen LogP contribution >= 0.6 is 23.1 Å². The van der Waals surface area contributed by atoms with Crippen LogP contribution < -0.4 is 5.32 Å². The third-order valence-electron chi connectivity index (χ3n) is 6.29. The summed E-state index contributed by atoms with van der Waals surface area (Å²) in [5, 5.41) is 12.6. The number of aromatic nitrogens is 2. The molecule has 2 atom stereocenters. The van der Waals surface area contributed by atoms with Gasteiger partial charge in [-0.1, -0.05) is 69.9 Å². The molecule has 1 N–H and O–H groups in total. The summed E-state index contributed by atoms with van der Waals surface area (Å²) in [7, 11) is 0. The van der Waals surface area contributed by atoms with E-state index in [1.54, 1.807) is 0 Å². The minimum Gasteiger partial charge on any atom is -0.338 e. The number of benzene rings is 1. The third kappa shape index (κ3) is 4.83. The number of likely N-dealkylation sites (tertiary alicyclic amines) is 1. The number of rotatable bonds is 6. The van der Waals surface area contributed by atoms with Gasteiger partial charge in [-0.3, -0.25) is 4.79 Å². The normalized spacial score (nSPS) is 25.0. The lowest BCUT2D eigenvalue weighted by molar-refractivity contribution is -0.129. The number of carbonyl (C=O) groups excluding carboxylic acids is 1. The molecule has 2 unspecified atom stereocenters. The Kier molecular flexibility index (Phi) is 5.88. The fraction of sp³-hybridized carbons (Fsp3) is 0.609. The molecule has 2 aliphatic rings. The first kappa shape index (κ1) is 21.6. The summed E-state index contributed by atoms with van der Waals surface area (Å²) in [5.74, 6) is 1.19. The van der Waals surface area contributed by atoms with Crippen LogP contribution in [-0.2, 0) is 4.79 Å². The fourth-order valence-electron chi connectivity index (χ4n) is 5.35. The van der Waals surface area contributed by atoms with Crippen LogP contribution in [0.1, 0.15) is 65.4 Å². The predicted molar refractivity (Wildman–Crippen MR) is 126 cm³/mol. The number of nitrogens with one attached hydrogen (secondary N) is 1. The molecule has 2 aromatic rings. The minimum absolute atomic E-state index is 0.236. The first-order valence-corrected chi connectivity index (χ1v) is 12.6. The standard InChI is InChI=1S/C23H32N4OS2/c1-15(2)16-6-8-17(9-7-16)24-20-25-26-21(30-20)29-12-19(28)27-14-23(5)11-18(27)10-22(3,4)13-23/h6-9,15,18H,10-14H2,1-5H3,(H,24,25). The number of anilines is 2. The van der Waals surface area contributed by atoms with Crippen LogP contribution in [-0.4, -0.2) is 39.3 Å². The maximum absolute atomic E-state index is 12.9. The molecule has 1 aromatic carbocycles. The Labute approximate surface area is 188 Å². The minimum atomic E-state index is 0.236. The smallest absolute Gasteiger partial charge is 0.233 e. The maximum atomic E-state index is 12.9. The van der Waals surface area contributed by atoms with Crippen molar-refractivity contribution >= 4 is 39.8 Å². The maximum Gasteiger partial charge on any atom is 0.233 e. The van der Waals surface area contributed by atoms with Gasteiger partial charge in [-0.15, -0.1) is 10.2 Å². The second kappa shape index (κ2) is 8.15. The highest BCUT2D eigenvalue weighted by molar-refractivity contribution is 8.01. The lowest BCUT2D eigenvalue weighted by atomic mass is 9.65. The van der Waals surface area contributed by atoms with Gasteiger partial charge in [0.05, 0.1) is 5.75 Å². The Morgan fingerprint density at radius 3 is 2.67 bits per heavy atom. The van der Waals surface area contributed by atoms with Gasteiger partial charge >= 0.3 is 0 Å². The van der Waals surface area contributed by atoms with Gasteiger partial charge in [0, 0.05) is 18.3 Å². The molecular formula is C23H32N4OS2. The summed E-state index contributed by atoms with van der Waals surface area (Å²) in [6.45, 7) is 12.3. The number of nitrogens with zero attached hydrogens (tertiary/aromatic N) is 3. The highest BCUT2D eigenvalue weighted by Crippen LogP contribution is 2.52. The van der Waals surface area contributed by atoms with Crippen LogP contribution in [0, 0.1) is 10.8 Å². The topological polar surface area (TPSA) is 58.1 Å². The van der Waals surface area contributed by atoms with Gasteiger partial charge in [-0.25, -0.2) is 0 Å². The van der Waals surface area contributed by atoms with E-state index in [1.165, 1.54) is 35.1 Å². The molecule has 1 aromatic heterocycles. The van der Waals surface area contributed by atoms with Crippen LogP contribution in [0.2, 0.25) is 0 Å². The Bertz CT molecular complexity index is 908. The highest BCUT2D eigenvalue weighted by atomic mass is 32.2. The summed E-state index contributed by atoms with van der Waals surface area (Å²) in [5.41, 5.74) is 2.92. The molecule has 30 heavy (non-hydrogen) atoms. The van der Waals surface area contributed by atoms with Crippen molar-refractivity contribution in [3.05, 3.63) is 29.8 Å². The summed E-state index contributed by atoms with van der Waals surface area (Å²) in [4.78, 5) is 15.1. The lowest BCUT2D eigenvalue weighted by Crippen LogP contribution is -2.38. The Hall–Kier alpha value is -1.60. The second-order valence-electron chi connectivity index (χ2n) is 10.3. The van der Waals surface area contributed by atoms with E-state index in [4.69, 9.17) is 0 Å². The Morgan fingerprint density at radius 1 is 1.23 bits per heavy atom. The summed E-state index contributed by atoms with van der Waals surface area (Å²) in [6, 6.07) is 8.81. The van der Waals surface area contributed by atoms with Gasteiger partial charge in [0.2, 0.25) is 11.0 Å². The van der Waals surface area contributed by atoms with E-state index in [-0.39, 0.29) is 11.3 Å². The predicted octanol–water partition coefficient (Wildman–Crippen LogP) is 5.92. The molecule has 1 saturated heterocycles. The lowest BCUT2D eigenvalue weighted by Gasteiger charge is -2.39. The van der Waals surface area contributed by atoms with Crippen molar-refractivity contribution in [2.75, 3.05) is 17.6 Å². The largest absolute Gasteiger partial charge is 0.338 e. The molecule has 1 saturated carbocycles. The van der Waals surface area contributed by atoms with Crippen LogP contribution in [0.4, 0.5) is 10.8 Å². The van der Waals surface area contributed by atoms with Crippen molar-refractivity contribution < 1.29 is 4.79 Å². The molecule has 1 amide bonds. The molecule has 7 heteroatoms. The molecule has 1 aliphatic heterocycles. The second-order valence-corrected chi connectivity index (χ2v) is 12.5. The average molecular weight is 445 g/mol. The molecule has 2 fully saturated rings. The van der Waals surface area contributed by atoms with Crippen LogP contribution in [0.5, 0.6) is 0 Å². The summed E-state index contributed by atoms with van der Waals surface area (Å²) in [6.07, 6.45) is 3.47. The van der Waals surface area contributed by atoms with Crippen molar-refractivity contribution in [1.29, 1.82) is 0 Å². The van der Waals surface area contributed by atoms with E-state index in [0.29, 0.717) is 23.1 Å². The molecule has 1 aliphatic carbocycles. The Morgan fingerprint density at radius 2 is 1.97 bits per heavy atom. The third-order valence-corrected chi connectivity index (χ3v) is 8.25. The SMILES string of the molecule is CC(C)c1ccc(Nc2nnc(SCC(=O)N3CC4(C)CC3CC(C)(C)C4)s2)cc1. The molecule has 4 rings (SSSR count). The molecular weight excluding hydrogens is 412 g/mol. The first-order chi connectivity index (χ1) is 14.1. The van der Waals surface area contributed by atoms with Crippen LogP contribution in [0.3, 0.4) is 0 Å². The zero-order chi connectivity index (χ0) is 21.5. The van der Waals surface area contributed by atoms with Crippen molar-refractivity contribution in [3.63, 3.8) is 0 Å². The molecule has 2 heterocycles. The van der Waals surface area contributed by atoms with E-state index in [1.807, 2.05) is 0 Å². The quantitative estimate of drug-likeness (QED) is 0.560. The van der Waals surface area contributed by atoms with Crippen molar-refractivity contribution in [3.8, 4) is 0 Å². The van der Waals surface area contributed by atoms with Gasteiger partial charge in [-0.2, -0.15) is 0 Å². The highest BCUT2D eigenvalue weighted by Gasteiger charge is 2.50. The van der Waals surface area contributed by atoms with Crippen molar-refractivity contribution in [2.24, 2.45) is 10.8 Å². The van der Waals surface area contributed by atoms with Gasteiger partial charge in [-0.05, 0) is 53.7 Å². The molecule has 162 valence electrons. The molecule has 2 bridgehead atoms. The molecule has 0 radical (unpaired) electrons. The summed E-state index contributed by atoms with van der Waals surface area (Å²) >= 11 is 3.00. The van der Waals surface area contributed by atoms with Gasteiger partial charge in [0.1, 0.15) is 0 Å². The monoisotopic (exact) mass is 444 g/mol. The molecule has 5 nitrogen and oxygen atoms in total. The van der Waals surface area contributed by atoms with E-state index in [0.717, 1.165) is 34.5 Å². The number of hydrogen-bond acceptors (Lipinski definition) is 6. The average Bonchev–Trinajstić information content (AvgIpc) is 3.20. The number of hydrogen-bond donors (Lipinski definition) is 1. The number of amides is 1. The number of carbonyl (C=O) groups is 1. The van der Waals surface area contributed by atoms with Gasteiger partial charge in [0.15, 0.2) is 4.34 Å². The van der Waals surface area contributed by atoms with E-state index in [9.17, 15) is 4.79 Å². The Balaban J connectivity index is 1.32. The van der Waals surface area contributed by atoms with E-state index in [2.05, 4.69) is 79.3 Å². The van der Waals surface area contributed by atoms with E-state index >= 15 is 0 Å². The van der Waals surface area contributed by atoms with Gasteiger partial charge in [0.25, 0.3) is 0 Å².